The summed E-state index contributed by atoms with van der Waals surface area (Å²) in [6.45, 7) is 2.60. The minimum atomic E-state index is -0.0627. The number of thiophene rings is 1. The summed E-state index contributed by atoms with van der Waals surface area (Å²) in [6.07, 6.45) is 2.02. The van der Waals surface area contributed by atoms with E-state index in [1.807, 2.05) is 34.5 Å². The summed E-state index contributed by atoms with van der Waals surface area (Å²) in [6, 6.07) is 11.9. The van der Waals surface area contributed by atoms with Gasteiger partial charge in [-0.3, -0.25) is 9.59 Å². The maximum absolute atomic E-state index is 12.5. The Labute approximate surface area is 140 Å². The van der Waals surface area contributed by atoms with Gasteiger partial charge in [0, 0.05) is 24.7 Å². The third-order valence-corrected chi connectivity index (χ3v) is 4.94. The molecule has 0 aliphatic carbocycles. The number of hydrogen-bond acceptors (Lipinski definition) is 3. The largest absolute Gasteiger partial charge is 0.351 e. The van der Waals surface area contributed by atoms with Crippen LogP contribution in [0.3, 0.4) is 0 Å². The summed E-state index contributed by atoms with van der Waals surface area (Å²) in [5.41, 5.74) is 2.27. The van der Waals surface area contributed by atoms with Crippen LogP contribution in [0.25, 0.3) is 0 Å². The molecule has 1 aliphatic heterocycles. The Morgan fingerprint density at radius 1 is 1.26 bits per heavy atom. The maximum Gasteiger partial charge on any atom is 0.261 e. The highest BCUT2D eigenvalue weighted by Gasteiger charge is 2.29. The van der Waals surface area contributed by atoms with Crippen LogP contribution < -0.4 is 10.2 Å². The topological polar surface area (TPSA) is 49.4 Å². The van der Waals surface area contributed by atoms with Gasteiger partial charge in [0.1, 0.15) is 0 Å². The number of anilines is 1. The monoisotopic (exact) mass is 328 g/mol. The lowest BCUT2D eigenvalue weighted by Gasteiger charge is -2.22. The Kier molecular flexibility index (Phi) is 4.76. The van der Waals surface area contributed by atoms with Crippen molar-refractivity contribution < 1.29 is 9.59 Å². The van der Waals surface area contributed by atoms with E-state index in [2.05, 4.69) is 18.3 Å². The molecule has 0 bridgehead atoms. The minimum absolute atomic E-state index is 0.0627. The van der Waals surface area contributed by atoms with Crippen molar-refractivity contribution in [3.63, 3.8) is 0 Å². The lowest BCUT2D eigenvalue weighted by Crippen LogP contribution is -2.36. The second kappa shape index (κ2) is 6.96. The van der Waals surface area contributed by atoms with Crippen molar-refractivity contribution in [1.82, 2.24) is 5.32 Å². The first-order valence-corrected chi connectivity index (χ1v) is 8.76. The van der Waals surface area contributed by atoms with Gasteiger partial charge in [-0.2, -0.15) is 0 Å². The van der Waals surface area contributed by atoms with Crippen molar-refractivity contribution >= 4 is 28.8 Å². The summed E-state index contributed by atoms with van der Waals surface area (Å²) in [5.74, 6) is 0.0696. The Morgan fingerprint density at radius 3 is 2.87 bits per heavy atom. The first kappa shape index (κ1) is 15.7. The predicted octanol–water partition coefficient (Wildman–Crippen LogP) is 3.24. The zero-order valence-corrected chi connectivity index (χ0v) is 13.9. The van der Waals surface area contributed by atoms with Crippen LogP contribution in [0.15, 0.2) is 41.8 Å². The molecule has 1 aromatic carbocycles. The summed E-state index contributed by atoms with van der Waals surface area (Å²) in [5, 5.41) is 4.74. The van der Waals surface area contributed by atoms with E-state index in [0.717, 1.165) is 12.1 Å². The number of para-hydroxylation sites is 1. The summed E-state index contributed by atoms with van der Waals surface area (Å²) in [4.78, 5) is 26.9. The minimum Gasteiger partial charge on any atom is -0.351 e. The number of nitrogens with one attached hydrogen (secondary N) is 1. The van der Waals surface area contributed by atoms with Crippen molar-refractivity contribution in [2.24, 2.45) is 0 Å². The number of nitrogens with zero attached hydrogens (tertiary/aromatic N) is 1. The Hall–Kier alpha value is -2.14. The fourth-order valence-corrected chi connectivity index (χ4v) is 3.64. The van der Waals surface area contributed by atoms with Crippen molar-refractivity contribution in [1.29, 1.82) is 0 Å². The number of rotatable bonds is 5. The predicted molar refractivity (Wildman–Crippen MR) is 93.0 cm³/mol. The van der Waals surface area contributed by atoms with E-state index in [1.54, 1.807) is 6.07 Å². The van der Waals surface area contributed by atoms with Crippen LogP contribution in [0.5, 0.6) is 0 Å². The molecule has 0 fully saturated rings. The highest BCUT2D eigenvalue weighted by Crippen LogP contribution is 2.32. The van der Waals surface area contributed by atoms with E-state index >= 15 is 0 Å². The van der Waals surface area contributed by atoms with Crippen molar-refractivity contribution in [2.75, 3.05) is 11.4 Å². The molecular formula is C18H20N2O2S. The van der Waals surface area contributed by atoms with Crippen LogP contribution in [0.1, 0.15) is 35.0 Å². The van der Waals surface area contributed by atoms with E-state index in [1.165, 1.54) is 16.9 Å². The summed E-state index contributed by atoms with van der Waals surface area (Å²) >= 11 is 1.42. The van der Waals surface area contributed by atoms with Gasteiger partial charge in [-0.1, -0.05) is 24.3 Å². The number of carbonyl (C=O) groups is 2. The van der Waals surface area contributed by atoms with Crippen LogP contribution in [0.4, 0.5) is 5.69 Å². The van der Waals surface area contributed by atoms with Crippen molar-refractivity contribution in [2.45, 2.75) is 32.2 Å². The molecule has 2 heterocycles. The van der Waals surface area contributed by atoms with Gasteiger partial charge in [0.05, 0.1) is 4.88 Å². The molecule has 23 heavy (non-hydrogen) atoms. The zero-order chi connectivity index (χ0) is 16.2. The van der Waals surface area contributed by atoms with Gasteiger partial charge in [0.15, 0.2) is 0 Å². The molecule has 1 unspecified atom stereocenters. The molecule has 1 aliphatic rings. The fraction of sp³-hybridized carbons (Fsp3) is 0.333. The Balaban J connectivity index is 1.49. The molecular weight excluding hydrogens is 308 g/mol. The normalized spacial score (nSPS) is 16.2. The fourth-order valence-electron chi connectivity index (χ4n) is 3.00. The second-order valence-electron chi connectivity index (χ2n) is 5.78. The standard InChI is InChI=1S/C18H20N2O2S/c1-13-12-14-6-2-3-7-15(14)20(13)17(21)9-4-10-19-18(22)16-8-5-11-23-16/h2-3,5-8,11,13H,4,9-10,12H2,1H3,(H,19,22). The van der Waals surface area contributed by atoms with Gasteiger partial charge < -0.3 is 10.2 Å². The zero-order valence-electron chi connectivity index (χ0n) is 13.1. The number of hydrogen-bond donors (Lipinski definition) is 1. The van der Waals surface area contributed by atoms with E-state index in [0.29, 0.717) is 24.3 Å². The third kappa shape index (κ3) is 3.45. The summed E-state index contributed by atoms with van der Waals surface area (Å²) in [7, 11) is 0. The number of benzene rings is 1. The molecule has 4 nitrogen and oxygen atoms in total. The molecule has 120 valence electrons. The molecule has 0 saturated heterocycles. The number of carbonyl (C=O) groups excluding carboxylic acids is 2. The van der Waals surface area contributed by atoms with Gasteiger partial charge >= 0.3 is 0 Å². The van der Waals surface area contributed by atoms with Gasteiger partial charge in [-0.05, 0) is 42.8 Å². The molecule has 0 spiro atoms. The van der Waals surface area contributed by atoms with Gasteiger partial charge in [0.2, 0.25) is 5.91 Å². The molecule has 0 radical (unpaired) electrons. The van der Waals surface area contributed by atoms with Crippen molar-refractivity contribution in [3.8, 4) is 0 Å². The first-order chi connectivity index (χ1) is 11.2. The quantitative estimate of drug-likeness (QED) is 0.857. The molecule has 0 saturated carbocycles. The molecule has 1 atom stereocenters. The average molecular weight is 328 g/mol. The molecule has 2 amide bonds. The molecule has 1 aromatic heterocycles. The van der Waals surface area contributed by atoms with Crippen LogP contribution >= 0.6 is 11.3 Å². The van der Waals surface area contributed by atoms with Gasteiger partial charge in [-0.25, -0.2) is 0 Å². The highest BCUT2D eigenvalue weighted by molar-refractivity contribution is 7.12. The Morgan fingerprint density at radius 2 is 2.09 bits per heavy atom. The highest BCUT2D eigenvalue weighted by atomic mass is 32.1. The van der Waals surface area contributed by atoms with E-state index in [-0.39, 0.29) is 17.9 Å². The van der Waals surface area contributed by atoms with Gasteiger partial charge in [0.25, 0.3) is 5.91 Å². The number of fused-ring (bicyclic) bond motifs is 1. The third-order valence-electron chi connectivity index (χ3n) is 4.07. The maximum atomic E-state index is 12.5. The van der Waals surface area contributed by atoms with Crippen LogP contribution in [0.2, 0.25) is 0 Å². The smallest absolute Gasteiger partial charge is 0.261 e. The average Bonchev–Trinajstić information content (AvgIpc) is 3.17. The lowest BCUT2D eigenvalue weighted by molar-refractivity contribution is -0.119. The molecule has 1 N–H and O–H groups in total. The first-order valence-electron chi connectivity index (χ1n) is 7.88. The summed E-state index contributed by atoms with van der Waals surface area (Å²) < 4.78 is 0. The molecule has 5 heteroatoms. The van der Waals surface area contributed by atoms with Crippen LogP contribution in [-0.2, 0) is 11.2 Å². The second-order valence-corrected chi connectivity index (χ2v) is 6.73. The van der Waals surface area contributed by atoms with Crippen LogP contribution in [-0.4, -0.2) is 24.4 Å². The molecule has 2 aromatic rings. The number of amides is 2. The van der Waals surface area contributed by atoms with E-state index in [4.69, 9.17) is 0 Å². The van der Waals surface area contributed by atoms with Crippen molar-refractivity contribution in [3.05, 3.63) is 52.2 Å². The lowest BCUT2D eigenvalue weighted by atomic mass is 10.1. The molecule has 3 rings (SSSR count). The van der Waals surface area contributed by atoms with Crippen LogP contribution in [0, 0.1) is 0 Å². The van der Waals surface area contributed by atoms with Gasteiger partial charge in [-0.15, -0.1) is 11.3 Å². The van der Waals surface area contributed by atoms with E-state index in [9.17, 15) is 9.59 Å². The SMILES string of the molecule is CC1Cc2ccccc2N1C(=O)CCCNC(=O)c1cccs1. The Bertz CT molecular complexity index is 697. The van der Waals surface area contributed by atoms with E-state index < -0.39 is 0 Å².